The minimum atomic E-state index is 0.946. The Bertz CT molecular complexity index is 566. The number of rotatable bonds is 8. The molecule has 2 aromatic carbocycles. The third-order valence-electron chi connectivity index (χ3n) is 4.23. The lowest BCUT2D eigenvalue weighted by Crippen LogP contribution is -1.97. The zero-order valence-corrected chi connectivity index (χ0v) is 15.3. The normalized spacial score (nSPS) is 11.0. The standard InChI is InChI=1S/C23H30/c1-5-7-9-20-11-18(3)13-22(15-20)17-23-14-19(4)12-21(16-23)10-8-6-2/h11-14H,5-10,17H2,1-4H3. The number of unbranched alkanes of at least 4 members (excludes halogenated alkanes) is 2. The topological polar surface area (TPSA) is 0 Å². The molecule has 23 heavy (non-hydrogen) atoms. The molecule has 0 N–H and O–H groups in total. The molecule has 2 aromatic rings. The maximum Gasteiger partial charge on any atom is -0.00130 e. The second-order valence-electron chi connectivity index (χ2n) is 6.80. The summed E-state index contributed by atoms with van der Waals surface area (Å²) in [6.07, 6.45) is 8.21. The monoisotopic (exact) mass is 306 g/mol. The predicted molar refractivity (Wildman–Crippen MR) is 100 cm³/mol. The predicted octanol–water partition coefficient (Wildman–Crippen LogP) is 6.18. The van der Waals surface area contributed by atoms with Crippen molar-refractivity contribution >= 4 is 0 Å². The van der Waals surface area contributed by atoms with Crippen LogP contribution in [0.2, 0.25) is 0 Å². The smallest absolute Gasteiger partial charge is 0.00130 e. The fourth-order valence-corrected chi connectivity index (χ4v) is 3.14. The zero-order valence-electron chi connectivity index (χ0n) is 15.3. The van der Waals surface area contributed by atoms with E-state index in [-0.39, 0.29) is 0 Å². The lowest BCUT2D eigenvalue weighted by Gasteiger charge is -2.10. The number of hydrogen-bond acceptors (Lipinski definition) is 0. The van der Waals surface area contributed by atoms with Crippen molar-refractivity contribution in [2.75, 3.05) is 0 Å². The summed E-state index contributed by atoms with van der Waals surface area (Å²) in [6, 6.07) is 16.4. The average molecular weight is 306 g/mol. The van der Waals surface area contributed by atoms with Crippen molar-refractivity contribution < 1.29 is 0 Å². The van der Waals surface area contributed by atoms with Gasteiger partial charge in [0.2, 0.25) is 0 Å². The van der Waals surface area contributed by atoms with Crippen LogP contribution in [0.4, 0.5) is 0 Å². The van der Waals surface area contributed by atoms with Crippen LogP contribution in [0.25, 0.3) is 0 Å². The average Bonchev–Trinajstić information content (AvgIpc) is 2.50. The van der Waals surface area contributed by atoms with Crippen LogP contribution < -0.4 is 0 Å². The van der Waals surface area contributed by atoms with E-state index >= 15 is 0 Å². The van der Waals surface area contributed by atoms with Crippen molar-refractivity contribution in [1.29, 1.82) is 0 Å². The Kier molecular flexibility index (Phi) is 6.89. The molecule has 0 atom stereocenters. The van der Waals surface area contributed by atoms with Crippen molar-refractivity contribution in [3.63, 3.8) is 0 Å². The first kappa shape index (κ1) is 17.8. The second kappa shape index (κ2) is 8.91. The molecule has 0 aromatic heterocycles. The lowest BCUT2D eigenvalue weighted by atomic mass is 9.95. The van der Waals surface area contributed by atoms with Gasteiger partial charge in [0.15, 0.2) is 0 Å². The molecule has 0 heteroatoms. The molecule has 0 nitrogen and oxygen atoms in total. The van der Waals surface area contributed by atoms with Crippen molar-refractivity contribution in [2.45, 2.75) is 72.6 Å². The van der Waals surface area contributed by atoms with Crippen LogP contribution >= 0.6 is 0 Å². The van der Waals surface area contributed by atoms with Crippen molar-refractivity contribution in [3.05, 3.63) is 69.8 Å². The highest BCUT2D eigenvalue weighted by atomic mass is 14.1. The van der Waals surface area contributed by atoms with E-state index in [0.717, 1.165) is 19.3 Å². The summed E-state index contributed by atoms with van der Waals surface area (Å²) in [6.45, 7) is 8.88. The third-order valence-corrected chi connectivity index (χ3v) is 4.23. The molecule has 0 saturated heterocycles. The molecule has 0 unspecified atom stereocenters. The van der Waals surface area contributed by atoms with Crippen molar-refractivity contribution in [1.82, 2.24) is 0 Å². The first-order valence-corrected chi connectivity index (χ1v) is 9.14. The summed E-state index contributed by atoms with van der Waals surface area (Å²) < 4.78 is 0. The van der Waals surface area contributed by atoms with Crippen LogP contribution in [0.1, 0.15) is 72.9 Å². The van der Waals surface area contributed by atoms with Gasteiger partial charge in [-0.1, -0.05) is 62.1 Å². The minimum absolute atomic E-state index is 0.946. The van der Waals surface area contributed by atoms with Crippen LogP contribution in [-0.4, -0.2) is 0 Å². The first-order valence-electron chi connectivity index (χ1n) is 9.14. The van der Waals surface area contributed by atoms with E-state index in [2.05, 4.69) is 64.1 Å². The fourth-order valence-electron chi connectivity index (χ4n) is 3.14. The highest BCUT2D eigenvalue weighted by Crippen LogP contribution is 2.18. The van der Waals surface area contributed by atoms with Crippen LogP contribution in [0.5, 0.6) is 0 Å². The van der Waals surface area contributed by atoms with Crippen LogP contribution in [-0.2, 0) is 19.3 Å². The van der Waals surface area contributed by atoms with Gasteiger partial charge >= 0.3 is 0 Å². The molecule has 2 rings (SSSR count). The van der Waals surface area contributed by atoms with Gasteiger partial charge in [-0.3, -0.25) is 0 Å². The second-order valence-corrected chi connectivity index (χ2v) is 6.80. The quantitative estimate of drug-likeness (QED) is 0.546. The SMILES string of the molecule is CCCCc1[c]c(Cc2[c]c(CCCC)cc(C)c2)cc(C)c1. The Labute approximate surface area is 143 Å². The molecule has 0 bridgehead atoms. The Morgan fingerprint density at radius 1 is 0.652 bits per heavy atom. The van der Waals surface area contributed by atoms with E-state index in [9.17, 15) is 0 Å². The molecule has 0 aliphatic heterocycles. The van der Waals surface area contributed by atoms with E-state index in [1.165, 1.54) is 59.1 Å². The highest BCUT2D eigenvalue weighted by Gasteiger charge is 2.04. The van der Waals surface area contributed by atoms with E-state index in [1.54, 1.807) is 0 Å². The van der Waals surface area contributed by atoms with Gasteiger partial charge in [0.1, 0.15) is 0 Å². The highest BCUT2D eigenvalue weighted by molar-refractivity contribution is 5.35. The van der Waals surface area contributed by atoms with E-state index in [0.29, 0.717) is 0 Å². The first-order chi connectivity index (χ1) is 11.1. The summed E-state index contributed by atoms with van der Waals surface area (Å²) in [5, 5.41) is 0. The molecule has 0 heterocycles. The van der Waals surface area contributed by atoms with Gasteiger partial charge in [0, 0.05) is 0 Å². The fraction of sp³-hybridized carbons (Fsp3) is 0.478. The van der Waals surface area contributed by atoms with Crippen LogP contribution in [0.3, 0.4) is 0 Å². The maximum atomic E-state index is 3.63. The van der Waals surface area contributed by atoms with Gasteiger partial charge in [-0.2, -0.15) is 0 Å². The van der Waals surface area contributed by atoms with Crippen LogP contribution in [0.15, 0.2) is 24.3 Å². The minimum Gasteiger partial charge on any atom is -0.0654 e. The lowest BCUT2D eigenvalue weighted by molar-refractivity contribution is 0.791. The molecular formula is C23H30. The van der Waals surface area contributed by atoms with E-state index in [1.807, 2.05) is 0 Å². The third kappa shape index (κ3) is 5.86. The van der Waals surface area contributed by atoms with Gasteiger partial charge in [-0.25, -0.2) is 0 Å². The molecule has 0 fully saturated rings. The molecule has 0 spiro atoms. The molecule has 0 saturated carbocycles. The van der Waals surface area contributed by atoms with Crippen molar-refractivity contribution in [2.24, 2.45) is 0 Å². The Morgan fingerprint density at radius 2 is 1.04 bits per heavy atom. The number of aryl methyl sites for hydroxylation is 4. The van der Waals surface area contributed by atoms with Gasteiger partial charge in [0.05, 0.1) is 0 Å². The van der Waals surface area contributed by atoms with Gasteiger partial charge in [-0.05, 0) is 80.3 Å². The summed E-state index contributed by atoms with van der Waals surface area (Å²) in [5.41, 5.74) is 8.03. The van der Waals surface area contributed by atoms with Crippen LogP contribution in [0, 0.1) is 26.0 Å². The maximum absolute atomic E-state index is 3.63. The van der Waals surface area contributed by atoms with E-state index < -0.39 is 0 Å². The molecule has 0 aliphatic rings. The summed E-state index contributed by atoms with van der Waals surface area (Å²) >= 11 is 0. The summed E-state index contributed by atoms with van der Waals surface area (Å²) in [4.78, 5) is 0. The number of benzene rings is 2. The molecule has 0 aliphatic carbocycles. The van der Waals surface area contributed by atoms with Crippen molar-refractivity contribution in [3.8, 4) is 0 Å². The summed E-state index contributed by atoms with van der Waals surface area (Å²) in [5.74, 6) is 0. The summed E-state index contributed by atoms with van der Waals surface area (Å²) in [7, 11) is 0. The molecular weight excluding hydrogens is 276 g/mol. The molecule has 122 valence electrons. The Morgan fingerprint density at radius 3 is 1.43 bits per heavy atom. The zero-order chi connectivity index (χ0) is 16.7. The van der Waals surface area contributed by atoms with E-state index in [4.69, 9.17) is 0 Å². The molecule has 2 radical (unpaired) electrons. The van der Waals surface area contributed by atoms with Gasteiger partial charge < -0.3 is 0 Å². The van der Waals surface area contributed by atoms with Gasteiger partial charge in [-0.15, -0.1) is 0 Å². The Balaban J connectivity index is 2.17. The Hall–Kier alpha value is -1.56. The van der Waals surface area contributed by atoms with Gasteiger partial charge in [0.25, 0.3) is 0 Å². The number of hydrogen-bond donors (Lipinski definition) is 0. The molecule has 0 amide bonds. The largest absolute Gasteiger partial charge is 0.0654 e.